The van der Waals surface area contributed by atoms with Gasteiger partial charge in [-0.3, -0.25) is 4.79 Å². The number of carbonyl (C=O) groups is 1. The first-order valence-corrected chi connectivity index (χ1v) is 6.36. The van der Waals surface area contributed by atoms with Gasteiger partial charge in [0.15, 0.2) is 0 Å². The number of nitrogens with zero attached hydrogens (tertiary/aromatic N) is 1. The quantitative estimate of drug-likeness (QED) is 0.644. The molecule has 0 aromatic carbocycles. The van der Waals surface area contributed by atoms with Gasteiger partial charge in [-0.25, -0.2) is 0 Å². The molecular formula is C12H24N2O2. The van der Waals surface area contributed by atoms with Crippen molar-refractivity contribution in [2.24, 2.45) is 0 Å². The van der Waals surface area contributed by atoms with Gasteiger partial charge in [0.05, 0.1) is 6.54 Å². The largest absolute Gasteiger partial charge is 0.396 e. The lowest BCUT2D eigenvalue weighted by Gasteiger charge is -2.22. The fourth-order valence-electron chi connectivity index (χ4n) is 1.96. The zero-order valence-corrected chi connectivity index (χ0v) is 10.4. The molecule has 1 aliphatic carbocycles. The van der Waals surface area contributed by atoms with E-state index in [9.17, 15) is 4.79 Å². The molecule has 1 aliphatic rings. The van der Waals surface area contributed by atoms with E-state index in [1.165, 1.54) is 0 Å². The Hall–Kier alpha value is -0.610. The number of hydrogen-bond acceptors (Lipinski definition) is 3. The molecular weight excluding hydrogens is 204 g/mol. The normalized spacial score (nSPS) is 17.2. The van der Waals surface area contributed by atoms with E-state index >= 15 is 0 Å². The van der Waals surface area contributed by atoms with Crippen molar-refractivity contribution in [3.05, 3.63) is 0 Å². The summed E-state index contributed by atoms with van der Waals surface area (Å²) < 4.78 is 0. The molecule has 1 atom stereocenters. The van der Waals surface area contributed by atoms with Crippen LogP contribution in [0.2, 0.25) is 0 Å². The maximum atomic E-state index is 11.9. The fourth-order valence-corrected chi connectivity index (χ4v) is 1.96. The number of aliphatic hydroxyl groups excluding tert-OH is 1. The van der Waals surface area contributed by atoms with Gasteiger partial charge in [0.2, 0.25) is 5.91 Å². The molecule has 0 aromatic rings. The van der Waals surface area contributed by atoms with Crippen molar-refractivity contribution in [1.82, 2.24) is 10.2 Å². The summed E-state index contributed by atoms with van der Waals surface area (Å²) >= 11 is 0. The van der Waals surface area contributed by atoms with Crippen LogP contribution in [0.5, 0.6) is 0 Å². The molecule has 0 heterocycles. The number of likely N-dealkylation sites (N-methyl/N-ethyl adjacent to an activating group) is 1. The zero-order chi connectivity index (χ0) is 12.0. The molecule has 1 fully saturated rings. The van der Waals surface area contributed by atoms with Gasteiger partial charge in [-0.2, -0.15) is 0 Å². The summed E-state index contributed by atoms with van der Waals surface area (Å²) in [6.07, 6.45) is 3.99. The van der Waals surface area contributed by atoms with Gasteiger partial charge in [-0.05, 0) is 32.6 Å². The zero-order valence-electron chi connectivity index (χ0n) is 10.4. The summed E-state index contributed by atoms with van der Waals surface area (Å²) in [6.45, 7) is 5.49. The highest BCUT2D eigenvalue weighted by Gasteiger charge is 2.31. The van der Waals surface area contributed by atoms with E-state index in [1.54, 1.807) is 0 Å². The molecule has 4 nitrogen and oxygen atoms in total. The maximum Gasteiger partial charge on any atom is 0.236 e. The van der Waals surface area contributed by atoms with E-state index in [1.807, 2.05) is 11.8 Å². The van der Waals surface area contributed by atoms with Crippen molar-refractivity contribution < 1.29 is 9.90 Å². The van der Waals surface area contributed by atoms with Gasteiger partial charge in [0.25, 0.3) is 0 Å². The molecule has 1 rings (SSSR count). The van der Waals surface area contributed by atoms with E-state index < -0.39 is 0 Å². The van der Waals surface area contributed by atoms with Gasteiger partial charge in [-0.1, -0.05) is 6.92 Å². The van der Waals surface area contributed by atoms with E-state index in [2.05, 4.69) is 12.2 Å². The van der Waals surface area contributed by atoms with Crippen molar-refractivity contribution >= 4 is 5.91 Å². The van der Waals surface area contributed by atoms with E-state index in [0.717, 1.165) is 32.2 Å². The topological polar surface area (TPSA) is 52.6 Å². The highest BCUT2D eigenvalue weighted by atomic mass is 16.3. The summed E-state index contributed by atoms with van der Waals surface area (Å²) in [6, 6.07) is 0.754. The second-order valence-corrected chi connectivity index (χ2v) is 4.41. The second-order valence-electron chi connectivity index (χ2n) is 4.41. The highest BCUT2D eigenvalue weighted by molar-refractivity contribution is 5.78. The minimum Gasteiger partial charge on any atom is -0.396 e. The number of carbonyl (C=O) groups excluding carboxylic acids is 1. The molecule has 0 spiro atoms. The lowest BCUT2D eigenvalue weighted by molar-refractivity contribution is -0.130. The fraction of sp³-hybridized carbons (Fsp3) is 0.917. The van der Waals surface area contributed by atoms with E-state index in [-0.39, 0.29) is 18.6 Å². The van der Waals surface area contributed by atoms with Crippen LogP contribution in [0.4, 0.5) is 0 Å². The molecule has 1 saturated carbocycles. The number of amides is 1. The Balaban J connectivity index is 2.26. The SMILES string of the molecule is CCC(CCO)NCC(=O)N(CC)C1CC1. The standard InChI is InChI=1S/C12H24N2O2/c1-3-10(7-8-15)13-9-12(16)14(4-2)11-5-6-11/h10-11,13,15H,3-9H2,1-2H3. The van der Waals surface area contributed by atoms with Crippen LogP contribution >= 0.6 is 0 Å². The molecule has 4 heteroatoms. The first kappa shape index (κ1) is 13.5. The first-order chi connectivity index (χ1) is 7.72. The number of aliphatic hydroxyl groups is 1. The van der Waals surface area contributed by atoms with Gasteiger partial charge >= 0.3 is 0 Å². The summed E-state index contributed by atoms with van der Waals surface area (Å²) in [5.74, 6) is 0.196. The Labute approximate surface area is 98.0 Å². The Kier molecular flexibility index (Phi) is 5.77. The first-order valence-electron chi connectivity index (χ1n) is 6.36. The molecule has 0 radical (unpaired) electrons. The van der Waals surface area contributed by atoms with Crippen molar-refractivity contribution in [1.29, 1.82) is 0 Å². The van der Waals surface area contributed by atoms with Crippen LogP contribution in [0.3, 0.4) is 0 Å². The van der Waals surface area contributed by atoms with Crippen molar-refractivity contribution in [2.45, 2.75) is 51.6 Å². The number of hydrogen-bond donors (Lipinski definition) is 2. The predicted octanol–water partition coefficient (Wildman–Crippen LogP) is 0.748. The van der Waals surface area contributed by atoms with E-state index in [4.69, 9.17) is 5.11 Å². The lowest BCUT2D eigenvalue weighted by Crippen LogP contribution is -2.42. The maximum absolute atomic E-state index is 11.9. The molecule has 1 amide bonds. The molecule has 16 heavy (non-hydrogen) atoms. The van der Waals surface area contributed by atoms with Crippen LogP contribution in [-0.4, -0.2) is 47.7 Å². The summed E-state index contributed by atoms with van der Waals surface area (Å²) in [7, 11) is 0. The third-order valence-electron chi connectivity index (χ3n) is 3.16. The van der Waals surface area contributed by atoms with Crippen molar-refractivity contribution in [2.75, 3.05) is 19.7 Å². The summed E-state index contributed by atoms with van der Waals surface area (Å²) in [5.41, 5.74) is 0. The van der Waals surface area contributed by atoms with Gasteiger partial charge in [-0.15, -0.1) is 0 Å². The summed E-state index contributed by atoms with van der Waals surface area (Å²) in [4.78, 5) is 13.8. The van der Waals surface area contributed by atoms with Crippen LogP contribution in [0, 0.1) is 0 Å². The van der Waals surface area contributed by atoms with Gasteiger partial charge in [0.1, 0.15) is 0 Å². The lowest BCUT2D eigenvalue weighted by atomic mass is 10.1. The average Bonchev–Trinajstić information content (AvgIpc) is 3.09. The molecule has 0 aromatic heterocycles. The van der Waals surface area contributed by atoms with Crippen LogP contribution in [0.15, 0.2) is 0 Å². The average molecular weight is 228 g/mol. The smallest absolute Gasteiger partial charge is 0.236 e. The Bertz CT molecular complexity index is 217. The minimum atomic E-state index is 0.180. The third-order valence-corrected chi connectivity index (χ3v) is 3.16. The second kappa shape index (κ2) is 6.86. The monoisotopic (exact) mass is 228 g/mol. The summed E-state index contributed by atoms with van der Waals surface area (Å²) in [5, 5.41) is 12.1. The number of nitrogens with one attached hydrogen (secondary N) is 1. The minimum absolute atomic E-state index is 0.180. The molecule has 94 valence electrons. The molecule has 2 N–H and O–H groups in total. The molecule has 1 unspecified atom stereocenters. The Morgan fingerprint density at radius 1 is 1.50 bits per heavy atom. The van der Waals surface area contributed by atoms with Gasteiger partial charge < -0.3 is 15.3 Å². The predicted molar refractivity (Wildman–Crippen MR) is 64.2 cm³/mol. The Morgan fingerprint density at radius 3 is 2.62 bits per heavy atom. The number of rotatable bonds is 8. The third kappa shape index (κ3) is 4.10. The van der Waals surface area contributed by atoms with Crippen molar-refractivity contribution in [3.8, 4) is 0 Å². The van der Waals surface area contributed by atoms with Crippen LogP contribution < -0.4 is 5.32 Å². The van der Waals surface area contributed by atoms with Crippen LogP contribution in [0.1, 0.15) is 39.5 Å². The molecule has 0 aliphatic heterocycles. The molecule has 0 saturated heterocycles. The van der Waals surface area contributed by atoms with Crippen molar-refractivity contribution in [3.63, 3.8) is 0 Å². The molecule has 0 bridgehead atoms. The van der Waals surface area contributed by atoms with E-state index in [0.29, 0.717) is 12.6 Å². The van der Waals surface area contributed by atoms with Crippen LogP contribution in [-0.2, 0) is 4.79 Å². The highest BCUT2D eigenvalue weighted by Crippen LogP contribution is 2.26. The van der Waals surface area contributed by atoms with Crippen LogP contribution in [0.25, 0.3) is 0 Å². The van der Waals surface area contributed by atoms with Gasteiger partial charge in [0, 0.05) is 25.2 Å². The Morgan fingerprint density at radius 2 is 2.19 bits per heavy atom.